The predicted octanol–water partition coefficient (Wildman–Crippen LogP) is 3.59. The van der Waals surface area contributed by atoms with Crippen molar-refractivity contribution in [3.63, 3.8) is 0 Å². The Bertz CT molecular complexity index is 1140. The SMILES string of the molecule is Cc1ccccc1C(=O)NNC(=O)c1cccn(Cc2ccc(Cl)c(Cl)c2)c1=O. The minimum atomic E-state index is -0.708. The van der Waals surface area contributed by atoms with E-state index >= 15 is 0 Å². The molecule has 0 bridgehead atoms. The number of hydrogen-bond acceptors (Lipinski definition) is 3. The van der Waals surface area contributed by atoms with Crippen molar-refractivity contribution in [2.24, 2.45) is 0 Å². The molecule has 148 valence electrons. The van der Waals surface area contributed by atoms with Crippen LogP contribution in [0.4, 0.5) is 0 Å². The Kier molecular flexibility index (Phi) is 6.36. The molecule has 2 N–H and O–H groups in total. The van der Waals surface area contributed by atoms with Gasteiger partial charge in [0.2, 0.25) is 0 Å². The van der Waals surface area contributed by atoms with Gasteiger partial charge in [-0.25, -0.2) is 0 Å². The van der Waals surface area contributed by atoms with E-state index in [0.717, 1.165) is 11.1 Å². The number of rotatable bonds is 4. The van der Waals surface area contributed by atoms with Crippen LogP contribution in [0.15, 0.2) is 65.6 Å². The van der Waals surface area contributed by atoms with E-state index in [-0.39, 0.29) is 12.1 Å². The number of amides is 2. The standard InChI is InChI=1S/C21H17Cl2N3O3/c1-13-5-2-3-6-15(13)19(27)24-25-20(28)16-7-4-10-26(21(16)29)12-14-8-9-17(22)18(23)11-14/h2-11H,12H2,1H3,(H,24,27)(H,25,28). The molecule has 3 aromatic rings. The Labute approximate surface area is 177 Å². The number of benzene rings is 2. The van der Waals surface area contributed by atoms with Gasteiger partial charge in [0, 0.05) is 11.8 Å². The highest BCUT2D eigenvalue weighted by Crippen LogP contribution is 2.22. The number of hydrazine groups is 1. The summed E-state index contributed by atoms with van der Waals surface area (Å²) in [5.74, 6) is -1.18. The number of nitrogens with one attached hydrogen (secondary N) is 2. The zero-order valence-electron chi connectivity index (χ0n) is 15.4. The van der Waals surface area contributed by atoms with Crippen LogP contribution < -0.4 is 16.4 Å². The Morgan fingerprint density at radius 1 is 0.897 bits per heavy atom. The van der Waals surface area contributed by atoms with Gasteiger partial charge in [0.1, 0.15) is 5.56 Å². The van der Waals surface area contributed by atoms with Crippen LogP contribution in [-0.4, -0.2) is 16.4 Å². The summed E-state index contributed by atoms with van der Waals surface area (Å²) in [6, 6.07) is 15.0. The summed E-state index contributed by atoms with van der Waals surface area (Å²) in [7, 11) is 0. The molecule has 0 aliphatic heterocycles. The number of carbonyl (C=O) groups excluding carboxylic acids is 2. The number of halogens is 2. The summed E-state index contributed by atoms with van der Waals surface area (Å²) in [4.78, 5) is 37.3. The minimum absolute atomic E-state index is 0.0994. The monoisotopic (exact) mass is 429 g/mol. The van der Waals surface area contributed by atoms with Crippen LogP contribution in [0.3, 0.4) is 0 Å². The lowest BCUT2D eigenvalue weighted by Gasteiger charge is -2.11. The zero-order valence-corrected chi connectivity index (χ0v) is 16.9. The second-order valence-corrected chi connectivity index (χ2v) is 7.14. The number of nitrogens with zero attached hydrogens (tertiary/aromatic N) is 1. The second kappa shape index (κ2) is 8.94. The summed E-state index contributed by atoms with van der Waals surface area (Å²) in [5, 5.41) is 0.797. The molecule has 0 saturated heterocycles. The Morgan fingerprint density at radius 2 is 1.55 bits per heavy atom. The third kappa shape index (κ3) is 4.85. The quantitative estimate of drug-likeness (QED) is 0.621. The van der Waals surface area contributed by atoms with Crippen molar-refractivity contribution >= 4 is 35.0 Å². The lowest BCUT2D eigenvalue weighted by Crippen LogP contribution is -2.44. The maximum atomic E-state index is 12.7. The van der Waals surface area contributed by atoms with Gasteiger partial charge < -0.3 is 4.57 Å². The van der Waals surface area contributed by atoms with Gasteiger partial charge in [-0.05, 0) is 48.4 Å². The maximum absolute atomic E-state index is 12.7. The van der Waals surface area contributed by atoms with E-state index in [1.54, 1.807) is 55.6 Å². The highest BCUT2D eigenvalue weighted by Gasteiger charge is 2.15. The van der Waals surface area contributed by atoms with Gasteiger partial charge in [0.05, 0.1) is 16.6 Å². The summed E-state index contributed by atoms with van der Waals surface area (Å²) < 4.78 is 1.37. The summed E-state index contributed by atoms with van der Waals surface area (Å²) in [6.45, 7) is 2.00. The molecule has 0 fully saturated rings. The van der Waals surface area contributed by atoms with Crippen molar-refractivity contribution in [3.05, 3.63) is 103 Å². The number of hydrogen-bond donors (Lipinski definition) is 2. The van der Waals surface area contributed by atoms with Crippen LogP contribution >= 0.6 is 23.2 Å². The molecule has 0 aliphatic rings. The average Bonchev–Trinajstić information content (AvgIpc) is 2.70. The van der Waals surface area contributed by atoms with Crippen molar-refractivity contribution in [1.82, 2.24) is 15.4 Å². The van der Waals surface area contributed by atoms with Gasteiger partial charge in [-0.3, -0.25) is 25.2 Å². The van der Waals surface area contributed by atoms with E-state index in [1.807, 2.05) is 6.07 Å². The first-order valence-electron chi connectivity index (χ1n) is 8.66. The smallest absolute Gasteiger partial charge is 0.275 e. The van der Waals surface area contributed by atoms with Crippen LogP contribution in [0.1, 0.15) is 31.8 Å². The van der Waals surface area contributed by atoms with Crippen molar-refractivity contribution < 1.29 is 9.59 Å². The minimum Gasteiger partial charge on any atom is -0.310 e. The zero-order chi connectivity index (χ0) is 21.0. The molecule has 1 heterocycles. The average molecular weight is 430 g/mol. The normalized spacial score (nSPS) is 10.4. The molecule has 3 rings (SSSR count). The molecule has 0 aliphatic carbocycles. The van der Waals surface area contributed by atoms with Crippen LogP contribution in [0, 0.1) is 6.92 Å². The number of aromatic nitrogens is 1. The first-order chi connectivity index (χ1) is 13.9. The van der Waals surface area contributed by atoms with E-state index in [2.05, 4.69) is 10.9 Å². The fraction of sp³-hybridized carbons (Fsp3) is 0.0952. The van der Waals surface area contributed by atoms with E-state index < -0.39 is 17.4 Å². The number of pyridine rings is 1. The lowest BCUT2D eigenvalue weighted by molar-refractivity contribution is 0.0845. The van der Waals surface area contributed by atoms with E-state index in [9.17, 15) is 14.4 Å². The molecule has 6 nitrogen and oxygen atoms in total. The van der Waals surface area contributed by atoms with Crippen LogP contribution in [0.2, 0.25) is 10.0 Å². The highest BCUT2D eigenvalue weighted by atomic mass is 35.5. The molecule has 0 radical (unpaired) electrons. The van der Waals surface area contributed by atoms with Crippen LogP contribution in [0.5, 0.6) is 0 Å². The van der Waals surface area contributed by atoms with Crippen molar-refractivity contribution in [2.45, 2.75) is 13.5 Å². The van der Waals surface area contributed by atoms with Gasteiger partial charge in [-0.1, -0.05) is 47.5 Å². The topological polar surface area (TPSA) is 80.2 Å². The van der Waals surface area contributed by atoms with Crippen LogP contribution in [0.25, 0.3) is 0 Å². The largest absolute Gasteiger partial charge is 0.310 e. The summed E-state index contributed by atoms with van der Waals surface area (Å²) in [6.07, 6.45) is 1.56. The van der Waals surface area contributed by atoms with E-state index in [4.69, 9.17) is 23.2 Å². The maximum Gasteiger partial charge on any atom is 0.275 e. The lowest BCUT2D eigenvalue weighted by atomic mass is 10.1. The van der Waals surface area contributed by atoms with Crippen molar-refractivity contribution in [2.75, 3.05) is 0 Å². The van der Waals surface area contributed by atoms with Gasteiger partial charge in [-0.15, -0.1) is 0 Å². The third-order valence-corrected chi connectivity index (χ3v) is 5.02. The molecule has 0 unspecified atom stereocenters. The molecule has 0 atom stereocenters. The Morgan fingerprint density at radius 3 is 2.24 bits per heavy atom. The molecule has 1 aromatic heterocycles. The van der Waals surface area contributed by atoms with E-state index in [0.29, 0.717) is 15.6 Å². The van der Waals surface area contributed by atoms with Gasteiger partial charge >= 0.3 is 0 Å². The number of aryl methyl sites for hydroxylation is 1. The summed E-state index contributed by atoms with van der Waals surface area (Å²) >= 11 is 11.9. The first kappa shape index (κ1) is 20.6. The van der Waals surface area contributed by atoms with Gasteiger partial charge in [0.25, 0.3) is 17.4 Å². The summed E-state index contributed by atoms with van der Waals surface area (Å²) in [5.41, 5.74) is 5.97. The molecule has 29 heavy (non-hydrogen) atoms. The Hall–Kier alpha value is -3.09. The second-order valence-electron chi connectivity index (χ2n) is 6.33. The highest BCUT2D eigenvalue weighted by molar-refractivity contribution is 6.42. The first-order valence-corrected chi connectivity index (χ1v) is 9.42. The molecular weight excluding hydrogens is 413 g/mol. The van der Waals surface area contributed by atoms with Crippen molar-refractivity contribution in [1.29, 1.82) is 0 Å². The molecular formula is C21H17Cl2N3O3. The fourth-order valence-corrected chi connectivity index (χ4v) is 3.07. The predicted molar refractivity (Wildman–Crippen MR) is 112 cm³/mol. The number of carbonyl (C=O) groups is 2. The fourth-order valence-electron chi connectivity index (χ4n) is 2.74. The molecule has 0 spiro atoms. The van der Waals surface area contributed by atoms with E-state index in [1.165, 1.54) is 10.6 Å². The molecule has 2 aromatic carbocycles. The molecule has 8 heteroatoms. The van der Waals surface area contributed by atoms with Crippen molar-refractivity contribution in [3.8, 4) is 0 Å². The molecule has 0 saturated carbocycles. The Balaban J connectivity index is 1.73. The van der Waals surface area contributed by atoms with Crippen LogP contribution in [-0.2, 0) is 6.54 Å². The molecule has 2 amide bonds. The van der Waals surface area contributed by atoms with Gasteiger partial charge in [0.15, 0.2) is 0 Å². The third-order valence-electron chi connectivity index (χ3n) is 4.28. The van der Waals surface area contributed by atoms with Gasteiger partial charge in [-0.2, -0.15) is 0 Å².